The predicted molar refractivity (Wildman–Crippen MR) is 57.5 cm³/mol. The molecule has 0 radical (unpaired) electrons. The summed E-state index contributed by atoms with van der Waals surface area (Å²) in [4.78, 5) is 13.2. The number of β-amino-alcohol motifs (C(OH)–C–C–N with tert-alkyl or cyclic N) is 1. The SMILES string of the molecule is CC1(O)CCN(C(=O)c2cccc(F)c2F)C1. The van der Waals surface area contributed by atoms with Crippen molar-refractivity contribution in [2.75, 3.05) is 13.1 Å². The number of benzene rings is 1. The number of nitrogens with zero attached hydrogens (tertiary/aromatic N) is 1. The summed E-state index contributed by atoms with van der Waals surface area (Å²) in [6, 6.07) is 3.50. The van der Waals surface area contributed by atoms with Gasteiger partial charge in [0.25, 0.3) is 5.91 Å². The highest BCUT2D eigenvalue weighted by Gasteiger charge is 2.35. The van der Waals surface area contributed by atoms with Gasteiger partial charge in [0.1, 0.15) is 0 Å². The number of aliphatic hydroxyl groups is 1. The largest absolute Gasteiger partial charge is 0.388 e. The van der Waals surface area contributed by atoms with E-state index in [9.17, 15) is 18.7 Å². The Morgan fingerprint density at radius 2 is 2.18 bits per heavy atom. The van der Waals surface area contributed by atoms with Gasteiger partial charge >= 0.3 is 0 Å². The van der Waals surface area contributed by atoms with Gasteiger partial charge in [-0.15, -0.1) is 0 Å². The summed E-state index contributed by atoms with van der Waals surface area (Å²) in [5.74, 6) is -2.76. The van der Waals surface area contributed by atoms with Crippen molar-refractivity contribution in [3.8, 4) is 0 Å². The fourth-order valence-electron chi connectivity index (χ4n) is 1.96. The summed E-state index contributed by atoms with van der Waals surface area (Å²) in [6.45, 7) is 2.10. The molecule has 1 aliphatic heterocycles. The van der Waals surface area contributed by atoms with E-state index in [-0.39, 0.29) is 12.1 Å². The molecule has 1 N–H and O–H groups in total. The number of hydrogen-bond donors (Lipinski definition) is 1. The monoisotopic (exact) mass is 241 g/mol. The van der Waals surface area contributed by atoms with Crippen LogP contribution in [0.4, 0.5) is 8.78 Å². The fraction of sp³-hybridized carbons (Fsp3) is 0.417. The summed E-state index contributed by atoms with van der Waals surface area (Å²) >= 11 is 0. The van der Waals surface area contributed by atoms with Crippen LogP contribution in [-0.2, 0) is 0 Å². The molecule has 1 atom stereocenters. The van der Waals surface area contributed by atoms with E-state index in [0.29, 0.717) is 13.0 Å². The van der Waals surface area contributed by atoms with Crippen LogP contribution in [0.15, 0.2) is 18.2 Å². The third kappa shape index (κ3) is 2.29. The van der Waals surface area contributed by atoms with E-state index in [0.717, 1.165) is 6.07 Å². The molecule has 5 heteroatoms. The van der Waals surface area contributed by atoms with E-state index in [1.807, 2.05) is 0 Å². The first kappa shape index (κ1) is 12.0. The molecule has 2 rings (SSSR count). The van der Waals surface area contributed by atoms with E-state index in [4.69, 9.17) is 0 Å². The summed E-state index contributed by atoms with van der Waals surface area (Å²) in [5.41, 5.74) is -1.23. The summed E-state index contributed by atoms with van der Waals surface area (Å²) in [5, 5.41) is 9.72. The number of carbonyl (C=O) groups is 1. The molecule has 1 amide bonds. The number of carbonyl (C=O) groups excluding carboxylic acids is 1. The zero-order valence-electron chi connectivity index (χ0n) is 9.41. The summed E-state index contributed by atoms with van der Waals surface area (Å²) in [6.07, 6.45) is 0.440. The van der Waals surface area contributed by atoms with Crippen molar-refractivity contribution in [2.24, 2.45) is 0 Å². The van der Waals surface area contributed by atoms with Gasteiger partial charge < -0.3 is 10.0 Å². The van der Waals surface area contributed by atoms with Crippen molar-refractivity contribution in [1.29, 1.82) is 0 Å². The lowest BCUT2D eigenvalue weighted by atomic mass is 10.1. The normalized spacial score (nSPS) is 24.1. The van der Waals surface area contributed by atoms with Gasteiger partial charge in [-0.1, -0.05) is 6.07 Å². The summed E-state index contributed by atoms with van der Waals surface area (Å²) < 4.78 is 26.4. The minimum absolute atomic E-state index is 0.141. The standard InChI is InChI=1S/C12H13F2NO2/c1-12(17)5-6-15(7-12)11(16)8-3-2-4-9(13)10(8)14/h2-4,17H,5-7H2,1H3. The highest BCUT2D eigenvalue weighted by atomic mass is 19.2. The first-order chi connectivity index (χ1) is 7.91. The van der Waals surface area contributed by atoms with Gasteiger partial charge in [-0.25, -0.2) is 8.78 Å². The minimum atomic E-state index is -1.14. The third-order valence-corrected chi connectivity index (χ3v) is 2.92. The van der Waals surface area contributed by atoms with Gasteiger partial charge in [-0.05, 0) is 25.5 Å². The molecule has 0 aliphatic carbocycles. The molecule has 1 aliphatic rings. The van der Waals surface area contributed by atoms with Gasteiger partial charge in [-0.3, -0.25) is 4.79 Å². The molecule has 17 heavy (non-hydrogen) atoms. The number of likely N-dealkylation sites (tertiary alicyclic amines) is 1. The van der Waals surface area contributed by atoms with Gasteiger partial charge in [0.15, 0.2) is 11.6 Å². The Bertz CT molecular complexity index is 460. The number of hydrogen-bond acceptors (Lipinski definition) is 2. The van der Waals surface area contributed by atoms with Gasteiger partial charge in [0, 0.05) is 13.1 Å². The third-order valence-electron chi connectivity index (χ3n) is 2.92. The van der Waals surface area contributed by atoms with Crippen molar-refractivity contribution in [2.45, 2.75) is 18.9 Å². The van der Waals surface area contributed by atoms with E-state index < -0.39 is 23.1 Å². The van der Waals surface area contributed by atoms with Crippen LogP contribution in [0, 0.1) is 11.6 Å². The lowest BCUT2D eigenvalue weighted by Gasteiger charge is -2.19. The average Bonchev–Trinajstić information content (AvgIpc) is 2.62. The molecule has 1 unspecified atom stereocenters. The molecule has 1 aromatic rings. The second kappa shape index (κ2) is 4.07. The Balaban J connectivity index is 2.24. The van der Waals surface area contributed by atoms with E-state index in [1.54, 1.807) is 6.92 Å². The van der Waals surface area contributed by atoms with Gasteiger partial charge in [0.05, 0.1) is 11.2 Å². The second-order valence-corrected chi connectivity index (χ2v) is 4.58. The van der Waals surface area contributed by atoms with Crippen LogP contribution in [0.5, 0.6) is 0 Å². The fourth-order valence-corrected chi connectivity index (χ4v) is 1.96. The van der Waals surface area contributed by atoms with E-state index in [1.165, 1.54) is 17.0 Å². The van der Waals surface area contributed by atoms with Crippen molar-refractivity contribution in [3.63, 3.8) is 0 Å². The van der Waals surface area contributed by atoms with Crippen LogP contribution in [0.3, 0.4) is 0 Å². The van der Waals surface area contributed by atoms with Crippen LogP contribution < -0.4 is 0 Å². The molecule has 1 aromatic carbocycles. The number of amides is 1. The Kier molecular flexibility index (Phi) is 2.87. The molecule has 0 bridgehead atoms. The zero-order valence-corrected chi connectivity index (χ0v) is 9.41. The van der Waals surface area contributed by atoms with Crippen molar-refractivity contribution in [3.05, 3.63) is 35.4 Å². The van der Waals surface area contributed by atoms with E-state index in [2.05, 4.69) is 0 Å². The molecule has 0 aromatic heterocycles. The highest BCUT2D eigenvalue weighted by Crippen LogP contribution is 2.23. The van der Waals surface area contributed by atoms with Crippen molar-refractivity contribution >= 4 is 5.91 Å². The zero-order chi connectivity index (χ0) is 12.6. The molecule has 92 valence electrons. The van der Waals surface area contributed by atoms with Crippen LogP contribution in [0.1, 0.15) is 23.7 Å². The first-order valence-corrected chi connectivity index (χ1v) is 5.36. The molecule has 3 nitrogen and oxygen atoms in total. The molecular formula is C12H13F2NO2. The van der Waals surface area contributed by atoms with Crippen LogP contribution in [-0.4, -0.2) is 34.6 Å². The quantitative estimate of drug-likeness (QED) is 0.810. The first-order valence-electron chi connectivity index (χ1n) is 5.36. The average molecular weight is 241 g/mol. The number of halogens is 2. The molecule has 1 saturated heterocycles. The topological polar surface area (TPSA) is 40.5 Å². The Labute approximate surface area is 97.7 Å². The Morgan fingerprint density at radius 1 is 1.47 bits per heavy atom. The summed E-state index contributed by atoms with van der Waals surface area (Å²) in [7, 11) is 0. The maximum absolute atomic E-state index is 13.4. The Morgan fingerprint density at radius 3 is 2.76 bits per heavy atom. The molecule has 1 fully saturated rings. The van der Waals surface area contributed by atoms with Crippen molar-refractivity contribution < 1.29 is 18.7 Å². The highest BCUT2D eigenvalue weighted by molar-refractivity contribution is 5.94. The molecule has 0 saturated carbocycles. The maximum Gasteiger partial charge on any atom is 0.257 e. The van der Waals surface area contributed by atoms with Crippen molar-refractivity contribution in [1.82, 2.24) is 4.90 Å². The molecular weight excluding hydrogens is 228 g/mol. The number of rotatable bonds is 1. The Hall–Kier alpha value is -1.49. The second-order valence-electron chi connectivity index (χ2n) is 4.58. The lowest BCUT2D eigenvalue weighted by molar-refractivity contribution is 0.0569. The van der Waals surface area contributed by atoms with Crippen LogP contribution in [0.2, 0.25) is 0 Å². The molecule has 0 spiro atoms. The minimum Gasteiger partial charge on any atom is -0.388 e. The smallest absolute Gasteiger partial charge is 0.257 e. The predicted octanol–water partition coefficient (Wildman–Crippen LogP) is 1.56. The van der Waals surface area contributed by atoms with Crippen LogP contribution >= 0.6 is 0 Å². The van der Waals surface area contributed by atoms with Gasteiger partial charge in [0.2, 0.25) is 0 Å². The lowest BCUT2D eigenvalue weighted by Crippen LogP contribution is -2.34. The van der Waals surface area contributed by atoms with E-state index >= 15 is 0 Å². The van der Waals surface area contributed by atoms with Crippen LogP contribution in [0.25, 0.3) is 0 Å². The maximum atomic E-state index is 13.4. The van der Waals surface area contributed by atoms with Gasteiger partial charge in [-0.2, -0.15) is 0 Å². The molecule has 1 heterocycles.